The van der Waals surface area contributed by atoms with E-state index in [1.54, 1.807) is 36.0 Å². The lowest BCUT2D eigenvalue weighted by Gasteiger charge is -2.11. The number of nitro benzene ring substituents is 1. The van der Waals surface area contributed by atoms with Crippen LogP contribution < -0.4 is 0 Å². The summed E-state index contributed by atoms with van der Waals surface area (Å²) in [4.78, 5) is 10.4. The highest BCUT2D eigenvalue weighted by atomic mass is 32.2. The molecule has 0 bridgehead atoms. The molecule has 2 aromatic rings. The molecule has 0 radical (unpaired) electrons. The second kappa shape index (κ2) is 6.91. The van der Waals surface area contributed by atoms with Crippen molar-refractivity contribution in [2.24, 2.45) is 0 Å². The zero-order valence-electron chi connectivity index (χ0n) is 11.5. The molecule has 0 aromatic heterocycles. The largest absolute Gasteiger partial charge is 0.269 e. The van der Waals surface area contributed by atoms with Gasteiger partial charge in [0.1, 0.15) is 0 Å². The van der Waals surface area contributed by atoms with Gasteiger partial charge in [-0.2, -0.15) is 5.26 Å². The van der Waals surface area contributed by atoms with Gasteiger partial charge in [0, 0.05) is 23.1 Å². The summed E-state index contributed by atoms with van der Waals surface area (Å²) < 4.78 is 0. The van der Waals surface area contributed by atoms with E-state index in [1.807, 2.05) is 25.1 Å². The maximum absolute atomic E-state index is 10.8. The van der Waals surface area contributed by atoms with Crippen LogP contribution in [0.25, 0.3) is 0 Å². The first-order chi connectivity index (χ1) is 10.1. The van der Waals surface area contributed by atoms with Gasteiger partial charge >= 0.3 is 0 Å². The second-order valence-corrected chi connectivity index (χ2v) is 5.94. The maximum Gasteiger partial charge on any atom is 0.269 e. The smallest absolute Gasteiger partial charge is 0.258 e. The molecular weight excluding hydrogens is 284 g/mol. The van der Waals surface area contributed by atoms with Gasteiger partial charge in [0.15, 0.2) is 0 Å². The van der Waals surface area contributed by atoms with Crippen molar-refractivity contribution in [1.82, 2.24) is 0 Å². The van der Waals surface area contributed by atoms with E-state index in [9.17, 15) is 10.1 Å². The lowest BCUT2D eigenvalue weighted by atomic mass is 10.1. The van der Waals surface area contributed by atoms with E-state index in [0.29, 0.717) is 5.56 Å². The Morgan fingerprint density at radius 3 is 2.62 bits per heavy atom. The molecule has 0 aliphatic rings. The SMILES string of the molecule is C[C@@H](SCc1ccc(C#N)cc1)c1cccc([N+](=O)[O-])c1. The van der Waals surface area contributed by atoms with Gasteiger partial charge in [-0.25, -0.2) is 0 Å². The molecule has 2 rings (SSSR count). The summed E-state index contributed by atoms with van der Waals surface area (Å²) in [5.74, 6) is 0.801. The average molecular weight is 298 g/mol. The van der Waals surface area contributed by atoms with Crippen LogP contribution in [0.2, 0.25) is 0 Å². The van der Waals surface area contributed by atoms with Crippen LogP contribution >= 0.6 is 11.8 Å². The van der Waals surface area contributed by atoms with Crippen LogP contribution in [-0.4, -0.2) is 4.92 Å². The summed E-state index contributed by atoms with van der Waals surface area (Å²) in [6, 6.07) is 16.3. The van der Waals surface area contributed by atoms with Crippen molar-refractivity contribution >= 4 is 17.4 Å². The summed E-state index contributed by atoms with van der Waals surface area (Å²) in [6.45, 7) is 2.04. The van der Waals surface area contributed by atoms with Gasteiger partial charge in [0.25, 0.3) is 5.69 Å². The van der Waals surface area contributed by atoms with Crippen LogP contribution in [0.5, 0.6) is 0 Å². The van der Waals surface area contributed by atoms with Crippen LogP contribution in [0.1, 0.15) is 28.9 Å². The van der Waals surface area contributed by atoms with Crippen molar-refractivity contribution in [3.8, 4) is 6.07 Å². The molecule has 1 atom stereocenters. The summed E-state index contributed by atoms with van der Waals surface area (Å²) in [7, 11) is 0. The van der Waals surface area contributed by atoms with Gasteiger partial charge in [-0.15, -0.1) is 11.8 Å². The second-order valence-electron chi connectivity index (χ2n) is 4.61. The van der Waals surface area contributed by atoms with Crippen LogP contribution in [0.3, 0.4) is 0 Å². The number of nitrogens with zero attached hydrogens (tertiary/aromatic N) is 2. The van der Waals surface area contributed by atoms with Crippen LogP contribution in [0.15, 0.2) is 48.5 Å². The zero-order chi connectivity index (χ0) is 15.2. The molecular formula is C16H14N2O2S. The lowest BCUT2D eigenvalue weighted by molar-refractivity contribution is -0.384. The molecule has 0 spiro atoms. The number of nitro groups is 1. The van der Waals surface area contributed by atoms with Crippen molar-refractivity contribution in [2.45, 2.75) is 17.9 Å². The van der Waals surface area contributed by atoms with E-state index >= 15 is 0 Å². The van der Waals surface area contributed by atoms with Gasteiger partial charge in [-0.3, -0.25) is 10.1 Å². The van der Waals surface area contributed by atoms with Crippen molar-refractivity contribution in [2.75, 3.05) is 0 Å². The fourth-order valence-electron chi connectivity index (χ4n) is 1.88. The Hall–Kier alpha value is -2.32. The summed E-state index contributed by atoms with van der Waals surface area (Å²) >= 11 is 1.71. The fraction of sp³-hybridized carbons (Fsp3) is 0.188. The number of rotatable bonds is 5. The molecule has 0 aliphatic carbocycles. The van der Waals surface area contributed by atoms with Gasteiger partial charge in [0.05, 0.1) is 16.6 Å². The molecule has 0 aliphatic heterocycles. The standard InChI is InChI=1S/C16H14N2O2S/c1-12(15-3-2-4-16(9-15)18(19)20)21-11-14-7-5-13(10-17)6-8-14/h2-9,12H,11H2,1H3/t12-/m1/s1. The molecule has 0 fully saturated rings. The number of nitriles is 1. The molecule has 0 saturated carbocycles. The van der Waals surface area contributed by atoms with E-state index in [-0.39, 0.29) is 15.9 Å². The minimum atomic E-state index is -0.374. The molecule has 106 valence electrons. The first-order valence-electron chi connectivity index (χ1n) is 6.45. The van der Waals surface area contributed by atoms with Crippen molar-refractivity contribution in [3.63, 3.8) is 0 Å². The lowest BCUT2D eigenvalue weighted by Crippen LogP contribution is -1.93. The predicted octanol–water partition coefficient (Wildman–Crippen LogP) is 4.46. The Morgan fingerprint density at radius 1 is 1.29 bits per heavy atom. The summed E-state index contributed by atoms with van der Waals surface area (Å²) in [5, 5.41) is 19.7. The third kappa shape index (κ3) is 4.07. The van der Waals surface area contributed by atoms with Gasteiger partial charge in [-0.05, 0) is 30.2 Å². The minimum absolute atomic E-state index is 0.123. The average Bonchev–Trinajstić information content (AvgIpc) is 2.53. The topological polar surface area (TPSA) is 66.9 Å². The van der Waals surface area contributed by atoms with Gasteiger partial charge < -0.3 is 0 Å². The molecule has 0 heterocycles. The van der Waals surface area contributed by atoms with Crippen LogP contribution in [0, 0.1) is 21.4 Å². The minimum Gasteiger partial charge on any atom is -0.258 e. The third-order valence-corrected chi connectivity index (χ3v) is 4.41. The monoisotopic (exact) mass is 298 g/mol. The van der Waals surface area contributed by atoms with Crippen LogP contribution in [-0.2, 0) is 5.75 Å². The molecule has 2 aromatic carbocycles. The molecule has 0 N–H and O–H groups in total. The maximum atomic E-state index is 10.8. The highest BCUT2D eigenvalue weighted by Gasteiger charge is 2.11. The molecule has 0 unspecified atom stereocenters. The number of hydrogen-bond acceptors (Lipinski definition) is 4. The van der Waals surface area contributed by atoms with Gasteiger partial charge in [-0.1, -0.05) is 24.3 Å². The Labute approximate surface area is 127 Å². The quantitative estimate of drug-likeness (QED) is 0.603. The number of benzene rings is 2. The summed E-state index contributed by atoms with van der Waals surface area (Å²) in [5.41, 5.74) is 2.85. The first kappa shape index (κ1) is 15.1. The summed E-state index contributed by atoms with van der Waals surface area (Å²) in [6.07, 6.45) is 0. The highest BCUT2D eigenvalue weighted by molar-refractivity contribution is 7.98. The van der Waals surface area contributed by atoms with Gasteiger partial charge in [0.2, 0.25) is 0 Å². The zero-order valence-corrected chi connectivity index (χ0v) is 12.3. The van der Waals surface area contributed by atoms with E-state index < -0.39 is 0 Å². The molecule has 4 nitrogen and oxygen atoms in total. The van der Waals surface area contributed by atoms with E-state index in [4.69, 9.17) is 5.26 Å². The van der Waals surface area contributed by atoms with E-state index in [1.165, 1.54) is 6.07 Å². The molecule has 21 heavy (non-hydrogen) atoms. The highest BCUT2D eigenvalue weighted by Crippen LogP contribution is 2.32. The Bertz CT molecular complexity index is 677. The Kier molecular flexibility index (Phi) is 4.96. The number of non-ortho nitro benzene ring substituents is 1. The van der Waals surface area contributed by atoms with Crippen molar-refractivity contribution in [1.29, 1.82) is 5.26 Å². The van der Waals surface area contributed by atoms with E-state index in [2.05, 4.69) is 6.07 Å². The Morgan fingerprint density at radius 2 is 2.00 bits per heavy atom. The number of hydrogen-bond donors (Lipinski definition) is 0. The molecule has 5 heteroatoms. The third-order valence-electron chi connectivity index (χ3n) is 3.13. The Balaban J connectivity index is 2.01. The number of thioether (sulfide) groups is 1. The van der Waals surface area contributed by atoms with Crippen LogP contribution in [0.4, 0.5) is 5.69 Å². The first-order valence-corrected chi connectivity index (χ1v) is 7.50. The fourth-order valence-corrected chi connectivity index (χ4v) is 2.86. The van der Waals surface area contributed by atoms with E-state index in [0.717, 1.165) is 16.9 Å². The predicted molar refractivity (Wildman–Crippen MR) is 84.0 cm³/mol. The van der Waals surface area contributed by atoms with Crippen molar-refractivity contribution in [3.05, 3.63) is 75.3 Å². The molecule has 0 amide bonds. The molecule has 0 saturated heterocycles. The van der Waals surface area contributed by atoms with Crippen molar-refractivity contribution < 1.29 is 4.92 Å². The normalized spacial score (nSPS) is 11.6.